The van der Waals surface area contributed by atoms with Crippen LogP contribution < -0.4 is 5.73 Å². The van der Waals surface area contributed by atoms with Gasteiger partial charge in [-0.1, -0.05) is 17.7 Å². The smallest absolute Gasteiger partial charge is 0.0658 e. The van der Waals surface area contributed by atoms with Crippen molar-refractivity contribution in [3.8, 4) is 0 Å². The molecule has 0 radical (unpaired) electrons. The second-order valence-electron chi connectivity index (χ2n) is 4.11. The first kappa shape index (κ1) is 13.1. The number of nitrogens with two attached hydrogens (primary N) is 1. The van der Waals surface area contributed by atoms with Crippen LogP contribution in [0.2, 0.25) is 5.02 Å². The van der Waals surface area contributed by atoms with Gasteiger partial charge in [-0.3, -0.25) is 0 Å². The molecule has 2 aromatic rings. The Kier molecular flexibility index (Phi) is 3.93. The summed E-state index contributed by atoms with van der Waals surface area (Å²) in [5, 5.41) is 0.736. The van der Waals surface area contributed by atoms with Crippen molar-refractivity contribution in [3.63, 3.8) is 0 Å². The normalized spacial score (nSPS) is 12.8. The van der Waals surface area contributed by atoms with Gasteiger partial charge in [0.1, 0.15) is 0 Å². The van der Waals surface area contributed by atoms with E-state index in [1.165, 1.54) is 4.88 Å². The molecular weight excluding hydrogens is 318 g/mol. The summed E-state index contributed by atoms with van der Waals surface area (Å²) in [5.41, 5.74) is 8.48. The van der Waals surface area contributed by atoms with Crippen molar-refractivity contribution in [2.75, 3.05) is 0 Å². The minimum absolute atomic E-state index is 0.125. The zero-order valence-electron chi connectivity index (χ0n) is 9.63. The highest BCUT2D eigenvalue weighted by atomic mass is 79.9. The first-order valence-electron chi connectivity index (χ1n) is 5.26. The first-order valence-corrected chi connectivity index (χ1v) is 7.24. The molecule has 0 bridgehead atoms. The van der Waals surface area contributed by atoms with Crippen LogP contribution in [-0.2, 0) is 0 Å². The summed E-state index contributed by atoms with van der Waals surface area (Å²) in [4.78, 5) is 2.39. The fraction of sp³-hybridized carbons (Fsp3) is 0.231. The molecule has 90 valence electrons. The van der Waals surface area contributed by atoms with Gasteiger partial charge >= 0.3 is 0 Å². The largest absolute Gasteiger partial charge is 0.320 e. The van der Waals surface area contributed by atoms with Crippen LogP contribution >= 0.6 is 38.9 Å². The maximum absolute atomic E-state index is 6.29. The van der Waals surface area contributed by atoms with E-state index in [0.29, 0.717) is 0 Å². The molecule has 0 aliphatic rings. The summed E-state index contributed by atoms with van der Waals surface area (Å²) in [6.45, 7) is 4.10. The first-order chi connectivity index (χ1) is 7.97. The Balaban J connectivity index is 2.43. The second kappa shape index (κ2) is 5.11. The van der Waals surface area contributed by atoms with Crippen molar-refractivity contribution in [3.05, 3.63) is 54.6 Å². The number of hydrogen-bond donors (Lipinski definition) is 1. The molecule has 0 aliphatic heterocycles. The second-order valence-corrected chi connectivity index (χ2v) is 6.69. The summed E-state index contributed by atoms with van der Waals surface area (Å²) in [6.07, 6.45) is 0. The Morgan fingerprint density at radius 2 is 1.94 bits per heavy atom. The predicted molar refractivity (Wildman–Crippen MR) is 79.0 cm³/mol. The fourth-order valence-corrected chi connectivity index (χ4v) is 4.03. The van der Waals surface area contributed by atoms with Crippen molar-refractivity contribution < 1.29 is 0 Å². The van der Waals surface area contributed by atoms with E-state index in [0.717, 1.165) is 25.5 Å². The monoisotopic (exact) mass is 329 g/mol. The van der Waals surface area contributed by atoms with Gasteiger partial charge in [-0.05, 0) is 59.1 Å². The van der Waals surface area contributed by atoms with Crippen molar-refractivity contribution in [1.29, 1.82) is 0 Å². The van der Waals surface area contributed by atoms with E-state index < -0.39 is 0 Å². The van der Waals surface area contributed by atoms with Crippen LogP contribution in [0, 0.1) is 13.8 Å². The molecule has 0 spiro atoms. The van der Waals surface area contributed by atoms with Gasteiger partial charge in [0.15, 0.2) is 0 Å². The fourth-order valence-electron chi connectivity index (χ4n) is 1.81. The topological polar surface area (TPSA) is 26.0 Å². The number of halogens is 2. The highest BCUT2D eigenvalue weighted by Crippen LogP contribution is 2.35. The minimum atomic E-state index is -0.125. The SMILES string of the molecule is Cc1cc(Cl)cc(C(N)c2sc(C)cc2Br)c1. The van der Waals surface area contributed by atoms with Gasteiger partial charge in [-0.25, -0.2) is 0 Å². The molecule has 17 heavy (non-hydrogen) atoms. The van der Waals surface area contributed by atoms with Crippen LogP contribution in [0.15, 0.2) is 28.7 Å². The lowest BCUT2D eigenvalue weighted by Crippen LogP contribution is -2.10. The molecule has 4 heteroatoms. The molecule has 1 aromatic heterocycles. The Morgan fingerprint density at radius 3 is 2.47 bits per heavy atom. The van der Waals surface area contributed by atoms with E-state index in [1.54, 1.807) is 11.3 Å². The van der Waals surface area contributed by atoms with Crippen LogP contribution in [-0.4, -0.2) is 0 Å². The average molecular weight is 331 g/mol. The standard InChI is InChI=1S/C13H13BrClNS/c1-7-3-9(6-10(15)4-7)12(16)13-11(14)5-8(2)17-13/h3-6,12H,16H2,1-2H3. The third-order valence-electron chi connectivity index (χ3n) is 2.54. The number of aryl methyl sites for hydroxylation is 2. The van der Waals surface area contributed by atoms with E-state index >= 15 is 0 Å². The molecule has 2 N–H and O–H groups in total. The Labute approximate surface area is 119 Å². The van der Waals surface area contributed by atoms with Crippen molar-refractivity contribution in [1.82, 2.24) is 0 Å². The third kappa shape index (κ3) is 2.91. The summed E-state index contributed by atoms with van der Waals surface area (Å²) in [5.74, 6) is 0. The number of benzene rings is 1. The van der Waals surface area contributed by atoms with Gasteiger partial charge in [0, 0.05) is 19.2 Å². The summed E-state index contributed by atoms with van der Waals surface area (Å²) < 4.78 is 1.07. The summed E-state index contributed by atoms with van der Waals surface area (Å²) in [6, 6.07) is 7.92. The molecule has 0 amide bonds. The molecule has 0 aliphatic carbocycles. The van der Waals surface area contributed by atoms with E-state index in [4.69, 9.17) is 17.3 Å². The van der Waals surface area contributed by atoms with Crippen LogP contribution in [0.3, 0.4) is 0 Å². The van der Waals surface area contributed by atoms with E-state index in [1.807, 2.05) is 19.1 Å². The summed E-state index contributed by atoms with van der Waals surface area (Å²) >= 11 is 11.3. The average Bonchev–Trinajstić information content (AvgIpc) is 2.55. The molecule has 0 saturated heterocycles. The highest BCUT2D eigenvalue weighted by molar-refractivity contribution is 9.10. The Morgan fingerprint density at radius 1 is 1.24 bits per heavy atom. The van der Waals surface area contributed by atoms with Crippen molar-refractivity contribution >= 4 is 38.9 Å². The van der Waals surface area contributed by atoms with Crippen LogP contribution in [0.25, 0.3) is 0 Å². The van der Waals surface area contributed by atoms with Crippen LogP contribution in [0.4, 0.5) is 0 Å². The molecule has 0 saturated carbocycles. The van der Waals surface area contributed by atoms with Gasteiger partial charge in [0.05, 0.1) is 6.04 Å². The molecule has 1 nitrogen and oxygen atoms in total. The number of rotatable bonds is 2. The number of thiophene rings is 1. The summed E-state index contributed by atoms with van der Waals surface area (Å²) in [7, 11) is 0. The van der Waals surface area contributed by atoms with Gasteiger partial charge < -0.3 is 5.73 Å². The molecule has 1 aromatic carbocycles. The van der Waals surface area contributed by atoms with Crippen molar-refractivity contribution in [2.45, 2.75) is 19.9 Å². The van der Waals surface area contributed by atoms with Crippen LogP contribution in [0.1, 0.15) is 26.9 Å². The van der Waals surface area contributed by atoms with Crippen LogP contribution in [0.5, 0.6) is 0 Å². The Bertz CT molecular complexity index is 530. The molecular formula is C13H13BrClNS. The van der Waals surface area contributed by atoms with Gasteiger partial charge in [-0.15, -0.1) is 11.3 Å². The molecule has 1 atom stereocenters. The molecule has 1 unspecified atom stereocenters. The van der Waals surface area contributed by atoms with E-state index in [-0.39, 0.29) is 6.04 Å². The maximum atomic E-state index is 6.29. The van der Waals surface area contributed by atoms with Gasteiger partial charge in [0.25, 0.3) is 0 Å². The number of hydrogen-bond acceptors (Lipinski definition) is 2. The maximum Gasteiger partial charge on any atom is 0.0658 e. The van der Waals surface area contributed by atoms with Gasteiger partial charge in [-0.2, -0.15) is 0 Å². The highest BCUT2D eigenvalue weighted by Gasteiger charge is 2.15. The minimum Gasteiger partial charge on any atom is -0.320 e. The lowest BCUT2D eigenvalue weighted by atomic mass is 10.0. The molecule has 1 heterocycles. The lowest BCUT2D eigenvalue weighted by molar-refractivity contribution is 0.887. The van der Waals surface area contributed by atoms with Crippen molar-refractivity contribution in [2.24, 2.45) is 5.73 Å². The quantitative estimate of drug-likeness (QED) is 0.838. The third-order valence-corrected chi connectivity index (χ3v) is 4.81. The van der Waals surface area contributed by atoms with Gasteiger partial charge in [0.2, 0.25) is 0 Å². The lowest BCUT2D eigenvalue weighted by Gasteiger charge is -2.12. The zero-order valence-corrected chi connectivity index (χ0v) is 12.8. The Hall–Kier alpha value is -0.350. The predicted octanol–water partition coefficient (Wildman–Crippen LogP) is 4.83. The van der Waals surface area contributed by atoms with E-state index in [2.05, 4.69) is 35.0 Å². The zero-order chi connectivity index (χ0) is 12.6. The molecule has 0 fully saturated rings. The molecule has 2 rings (SSSR count). The van der Waals surface area contributed by atoms with E-state index in [9.17, 15) is 0 Å².